The van der Waals surface area contributed by atoms with Gasteiger partial charge in [0.2, 0.25) is 0 Å². The van der Waals surface area contributed by atoms with Gasteiger partial charge in [-0.15, -0.1) is 0 Å². The number of nitrogens with two attached hydrogens (primary N) is 2. The minimum atomic E-state index is -0.562. The van der Waals surface area contributed by atoms with Crippen LogP contribution in [-0.2, 0) is 18.6 Å². The first kappa shape index (κ1) is 24.1. The zero-order chi connectivity index (χ0) is 26.3. The summed E-state index contributed by atoms with van der Waals surface area (Å²) >= 11 is 0. The third-order valence-electron chi connectivity index (χ3n) is 7.35. The van der Waals surface area contributed by atoms with Gasteiger partial charge in [0.1, 0.15) is 11.3 Å². The molecule has 10 heteroatoms. The maximum atomic E-state index is 13.6. The van der Waals surface area contributed by atoms with E-state index in [1.54, 1.807) is 24.7 Å². The zero-order valence-electron chi connectivity index (χ0n) is 21.3. The first-order valence-electron chi connectivity index (χ1n) is 12.8. The molecule has 9 nitrogen and oxygen atoms in total. The van der Waals surface area contributed by atoms with Gasteiger partial charge in [0, 0.05) is 37.6 Å². The van der Waals surface area contributed by atoms with Gasteiger partial charge in [-0.25, -0.2) is 14.4 Å². The molecule has 0 bridgehead atoms. The van der Waals surface area contributed by atoms with E-state index in [0.29, 0.717) is 24.4 Å². The van der Waals surface area contributed by atoms with E-state index in [1.807, 2.05) is 29.2 Å². The molecule has 4 aromatic heterocycles. The second-order valence-corrected chi connectivity index (χ2v) is 9.88. The fraction of sp³-hybridized carbons (Fsp3) is 0.286. The van der Waals surface area contributed by atoms with Crippen LogP contribution in [0.3, 0.4) is 0 Å². The molecule has 1 saturated heterocycles. The van der Waals surface area contributed by atoms with Gasteiger partial charge < -0.3 is 20.9 Å². The molecule has 1 aromatic carbocycles. The summed E-state index contributed by atoms with van der Waals surface area (Å²) in [6.07, 6.45) is 9.16. The van der Waals surface area contributed by atoms with E-state index in [2.05, 4.69) is 32.4 Å². The first-order valence-corrected chi connectivity index (χ1v) is 12.8. The predicted molar refractivity (Wildman–Crippen MR) is 146 cm³/mol. The number of aryl methyl sites for hydroxylation is 1. The topological polar surface area (TPSA) is 117 Å². The van der Waals surface area contributed by atoms with E-state index in [4.69, 9.17) is 21.5 Å². The SMILES string of the molecule is CCn1ccc(C2(N)CCCN(c3cnc(-c4ccc(F)cc4)cc3Cn3cnc4c(N)nccc43)C2)n1. The molecule has 1 unspecified atom stereocenters. The highest BCUT2D eigenvalue weighted by molar-refractivity contribution is 5.84. The van der Waals surface area contributed by atoms with Crippen molar-refractivity contribution in [2.24, 2.45) is 5.73 Å². The average molecular weight is 512 g/mol. The number of rotatable bonds is 6. The molecule has 5 aromatic rings. The van der Waals surface area contributed by atoms with Gasteiger partial charge in [0.05, 0.1) is 47.2 Å². The number of piperidine rings is 1. The summed E-state index contributed by atoms with van der Waals surface area (Å²) in [5.74, 6) is 0.124. The van der Waals surface area contributed by atoms with Gasteiger partial charge >= 0.3 is 0 Å². The van der Waals surface area contributed by atoms with Crippen molar-refractivity contribution in [2.75, 3.05) is 23.7 Å². The Morgan fingerprint density at radius 3 is 2.71 bits per heavy atom. The minimum Gasteiger partial charge on any atom is -0.382 e. The molecule has 194 valence electrons. The fourth-order valence-electron chi connectivity index (χ4n) is 5.30. The van der Waals surface area contributed by atoms with Crippen LogP contribution in [0.25, 0.3) is 22.3 Å². The Balaban J connectivity index is 1.40. The summed E-state index contributed by atoms with van der Waals surface area (Å²) in [7, 11) is 0. The molecule has 1 aliphatic heterocycles. The summed E-state index contributed by atoms with van der Waals surface area (Å²) in [6, 6.07) is 12.4. The number of benzene rings is 1. The standard InChI is InChI=1S/C28H30FN9/c1-2-38-13-9-25(35-38)28(31)10-3-12-36(17-28)24-15-33-22(19-4-6-21(29)7-5-19)14-20(24)16-37-18-34-26-23(37)8-11-32-27(26)30/h4-9,11,13-15,18H,2-3,10,12,16-17,31H2,1H3,(H2,30,32). The van der Waals surface area contributed by atoms with Crippen molar-refractivity contribution < 1.29 is 4.39 Å². The number of anilines is 2. The van der Waals surface area contributed by atoms with Gasteiger partial charge in [-0.2, -0.15) is 5.10 Å². The average Bonchev–Trinajstić information content (AvgIpc) is 3.58. The number of hydrogen-bond acceptors (Lipinski definition) is 7. The molecule has 1 aliphatic rings. The first-order chi connectivity index (χ1) is 18.4. The van der Waals surface area contributed by atoms with Gasteiger partial charge in [-0.1, -0.05) is 0 Å². The molecule has 0 radical (unpaired) electrons. The second-order valence-electron chi connectivity index (χ2n) is 9.88. The van der Waals surface area contributed by atoms with Crippen LogP contribution >= 0.6 is 0 Å². The number of nitrogens with zero attached hydrogens (tertiary/aromatic N) is 7. The maximum absolute atomic E-state index is 13.6. The van der Waals surface area contributed by atoms with Gasteiger partial charge in [-0.05, 0) is 67.8 Å². The van der Waals surface area contributed by atoms with Crippen LogP contribution in [0.2, 0.25) is 0 Å². The van der Waals surface area contributed by atoms with E-state index in [-0.39, 0.29) is 5.82 Å². The van der Waals surface area contributed by atoms with Gasteiger partial charge in [-0.3, -0.25) is 9.67 Å². The summed E-state index contributed by atoms with van der Waals surface area (Å²) in [5, 5.41) is 4.73. The van der Waals surface area contributed by atoms with Crippen molar-refractivity contribution in [3.05, 3.63) is 84.5 Å². The zero-order valence-corrected chi connectivity index (χ0v) is 21.3. The number of pyridine rings is 2. The van der Waals surface area contributed by atoms with Crippen LogP contribution < -0.4 is 16.4 Å². The Morgan fingerprint density at radius 2 is 1.92 bits per heavy atom. The number of aromatic nitrogens is 6. The lowest BCUT2D eigenvalue weighted by Gasteiger charge is -2.41. The van der Waals surface area contributed by atoms with Gasteiger partial charge in [0.15, 0.2) is 5.82 Å². The Bertz CT molecular complexity index is 1590. The molecule has 6 rings (SSSR count). The van der Waals surface area contributed by atoms with Crippen molar-refractivity contribution in [2.45, 2.75) is 38.4 Å². The highest BCUT2D eigenvalue weighted by Gasteiger charge is 2.36. The van der Waals surface area contributed by atoms with Crippen LogP contribution in [0.4, 0.5) is 15.9 Å². The van der Waals surface area contributed by atoms with Crippen LogP contribution in [0, 0.1) is 5.82 Å². The molecule has 38 heavy (non-hydrogen) atoms. The summed E-state index contributed by atoms with van der Waals surface area (Å²) in [5.41, 5.74) is 18.6. The monoisotopic (exact) mass is 511 g/mol. The fourth-order valence-corrected chi connectivity index (χ4v) is 5.30. The molecule has 0 saturated carbocycles. The maximum Gasteiger partial charge on any atom is 0.151 e. The summed E-state index contributed by atoms with van der Waals surface area (Å²) < 4.78 is 17.6. The van der Waals surface area contributed by atoms with E-state index >= 15 is 0 Å². The number of nitrogen functional groups attached to an aromatic ring is 1. The van der Waals surface area contributed by atoms with Crippen LogP contribution in [0.1, 0.15) is 31.0 Å². The predicted octanol–water partition coefficient (Wildman–Crippen LogP) is 3.93. The number of halogens is 1. The van der Waals surface area contributed by atoms with E-state index < -0.39 is 5.54 Å². The Morgan fingerprint density at radius 1 is 1.08 bits per heavy atom. The van der Waals surface area contributed by atoms with Crippen LogP contribution in [0.15, 0.2) is 67.4 Å². The number of imidazole rings is 1. The molecular formula is C28H30FN9. The third-order valence-corrected chi connectivity index (χ3v) is 7.35. The largest absolute Gasteiger partial charge is 0.382 e. The Kier molecular flexibility index (Phi) is 6.03. The molecule has 5 heterocycles. The van der Waals surface area contributed by atoms with Crippen molar-refractivity contribution in [1.82, 2.24) is 29.3 Å². The summed E-state index contributed by atoms with van der Waals surface area (Å²) in [6.45, 7) is 4.90. The van der Waals surface area contributed by atoms with Crippen molar-refractivity contribution in [3.8, 4) is 11.3 Å². The van der Waals surface area contributed by atoms with Crippen LogP contribution in [-0.4, -0.2) is 42.4 Å². The molecule has 0 spiro atoms. The lowest BCUT2D eigenvalue weighted by molar-refractivity contribution is 0.341. The summed E-state index contributed by atoms with van der Waals surface area (Å²) in [4.78, 5) is 15.7. The van der Waals surface area contributed by atoms with E-state index in [1.165, 1.54) is 12.1 Å². The highest BCUT2D eigenvalue weighted by atomic mass is 19.1. The molecule has 1 fully saturated rings. The van der Waals surface area contributed by atoms with Crippen molar-refractivity contribution in [1.29, 1.82) is 0 Å². The lowest BCUT2D eigenvalue weighted by atomic mass is 9.86. The van der Waals surface area contributed by atoms with E-state index in [0.717, 1.165) is 59.7 Å². The van der Waals surface area contributed by atoms with Gasteiger partial charge in [0.25, 0.3) is 0 Å². The molecule has 0 aliphatic carbocycles. The van der Waals surface area contributed by atoms with E-state index in [9.17, 15) is 4.39 Å². The quantitative estimate of drug-likeness (QED) is 0.355. The van der Waals surface area contributed by atoms with Crippen LogP contribution in [0.5, 0.6) is 0 Å². The molecular weight excluding hydrogens is 481 g/mol. The van der Waals surface area contributed by atoms with Crippen molar-refractivity contribution in [3.63, 3.8) is 0 Å². The molecule has 0 amide bonds. The molecule has 4 N–H and O–H groups in total. The number of fused-ring (bicyclic) bond motifs is 1. The number of hydrogen-bond donors (Lipinski definition) is 2. The normalized spacial score (nSPS) is 17.8. The van der Waals surface area contributed by atoms with Crippen molar-refractivity contribution >= 4 is 22.5 Å². The minimum absolute atomic E-state index is 0.278. The second kappa shape index (κ2) is 9.53. The highest BCUT2D eigenvalue weighted by Crippen LogP contribution is 2.34. The molecule has 1 atom stereocenters. The Hall–Kier alpha value is -4.31. The third kappa shape index (κ3) is 4.37. The Labute approximate surface area is 219 Å². The lowest BCUT2D eigenvalue weighted by Crippen LogP contribution is -2.52. The smallest absolute Gasteiger partial charge is 0.151 e.